The predicted octanol–water partition coefficient (Wildman–Crippen LogP) is 1.41. The van der Waals surface area contributed by atoms with Crippen LogP contribution in [0.15, 0.2) is 0 Å². The standard InChI is InChI=1S/C16H27N3O3/c1-2-19(9-15(20)21)13-7-12(8-13)17-16(22)18-14-6-10-3-4-11(14)5-10/h10-14H,2-9H2,1H3,(H,20,21)(H2,17,18,22). The summed E-state index contributed by atoms with van der Waals surface area (Å²) >= 11 is 0. The molecule has 124 valence electrons. The molecule has 3 aliphatic carbocycles. The molecule has 0 aliphatic heterocycles. The number of amides is 2. The number of rotatable bonds is 6. The molecule has 3 aliphatic rings. The Balaban J connectivity index is 1.36. The molecule has 3 N–H and O–H groups in total. The smallest absolute Gasteiger partial charge is 0.317 e. The Labute approximate surface area is 131 Å². The molecule has 2 bridgehead atoms. The van der Waals surface area contributed by atoms with E-state index in [1.54, 1.807) is 0 Å². The SMILES string of the molecule is CCN(CC(=O)O)C1CC(NC(=O)NC2CC3CCC2C3)C1. The average Bonchev–Trinajstić information content (AvgIpc) is 3.02. The number of nitrogens with one attached hydrogen (secondary N) is 2. The molecule has 22 heavy (non-hydrogen) atoms. The van der Waals surface area contributed by atoms with Crippen LogP contribution in [-0.2, 0) is 4.79 Å². The monoisotopic (exact) mass is 309 g/mol. The van der Waals surface area contributed by atoms with Crippen molar-refractivity contribution in [3.8, 4) is 0 Å². The summed E-state index contributed by atoms with van der Waals surface area (Å²) in [6.45, 7) is 2.80. The summed E-state index contributed by atoms with van der Waals surface area (Å²) in [6, 6.07) is 0.802. The van der Waals surface area contributed by atoms with Crippen molar-refractivity contribution >= 4 is 12.0 Å². The molecule has 0 aromatic heterocycles. The quantitative estimate of drug-likeness (QED) is 0.693. The van der Waals surface area contributed by atoms with Crippen molar-refractivity contribution in [1.29, 1.82) is 0 Å². The summed E-state index contributed by atoms with van der Waals surface area (Å²) < 4.78 is 0. The van der Waals surface area contributed by atoms with Crippen LogP contribution >= 0.6 is 0 Å². The summed E-state index contributed by atoms with van der Waals surface area (Å²) in [5.74, 6) is 0.737. The second-order valence-electron chi connectivity index (χ2n) is 7.18. The molecule has 3 saturated carbocycles. The van der Waals surface area contributed by atoms with Gasteiger partial charge in [-0.15, -0.1) is 0 Å². The van der Waals surface area contributed by atoms with E-state index in [2.05, 4.69) is 10.6 Å². The molecule has 3 fully saturated rings. The molecule has 0 aromatic rings. The third-order valence-electron chi connectivity index (χ3n) is 5.76. The first-order valence-electron chi connectivity index (χ1n) is 8.58. The van der Waals surface area contributed by atoms with Crippen molar-refractivity contribution in [2.24, 2.45) is 11.8 Å². The molecule has 6 nitrogen and oxygen atoms in total. The van der Waals surface area contributed by atoms with Gasteiger partial charge in [-0.05, 0) is 50.5 Å². The Kier molecular flexibility index (Phi) is 4.57. The largest absolute Gasteiger partial charge is 0.480 e. The van der Waals surface area contributed by atoms with Gasteiger partial charge >= 0.3 is 12.0 Å². The summed E-state index contributed by atoms with van der Waals surface area (Å²) in [6.07, 6.45) is 6.74. The number of urea groups is 1. The topological polar surface area (TPSA) is 81.7 Å². The minimum atomic E-state index is -0.785. The van der Waals surface area contributed by atoms with Crippen LogP contribution in [0.1, 0.15) is 45.4 Å². The van der Waals surface area contributed by atoms with E-state index >= 15 is 0 Å². The van der Waals surface area contributed by atoms with Gasteiger partial charge in [0, 0.05) is 18.1 Å². The van der Waals surface area contributed by atoms with E-state index in [0.29, 0.717) is 12.0 Å². The van der Waals surface area contributed by atoms with Crippen molar-refractivity contribution in [3.05, 3.63) is 0 Å². The van der Waals surface area contributed by atoms with Gasteiger partial charge in [0.1, 0.15) is 0 Å². The first-order valence-corrected chi connectivity index (χ1v) is 8.58. The Morgan fingerprint density at radius 1 is 1.14 bits per heavy atom. The van der Waals surface area contributed by atoms with Crippen molar-refractivity contribution in [1.82, 2.24) is 15.5 Å². The van der Waals surface area contributed by atoms with E-state index in [1.807, 2.05) is 11.8 Å². The molecule has 2 amide bonds. The Bertz CT molecular complexity index is 436. The Morgan fingerprint density at radius 3 is 2.45 bits per heavy atom. The first-order chi connectivity index (χ1) is 10.5. The number of hydrogen-bond acceptors (Lipinski definition) is 3. The molecule has 3 rings (SSSR count). The van der Waals surface area contributed by atoms with Crippen LogP contribution in [0.4, 0.5) is 4.79 Å². The number of nitrogens with zero attached hydrogens (tertiary/aromatic N) is 1. The molecule has 0 saturated heterocycles. The van der Waals surface area contributed by atoms with Crippen molar-refractivity contribution in [3.63, 3.8) is 0 Å². The van der Waals surface area contributed by atoms with Crippen LogP contribution in [0.5, 0.6) is 0 Å². The van der Waals surface area contributed by atoms with Gasteiger partial charge in [0.15, 0.2) is 0 Å². The molecule has 6 heteroatoms. The second-order valence-corrected chi connectivity index (χ2v) is 7.18. The van der Waals surface area contributed by atoms with Crippen LogP contribution in [0.25, 0.3) is 0 Å². The van der Waals surface area contributed by atoms with Crippen molar-refractivity contribution in [2.75, 3.05) is 13.1 Å². The highest BCUT2D eigenvalue weighted by Gasteiger charge is 2.41. The lowest BCUT2D eigenvalue weighted by molar-refractivity contribution is -0.139. The summed E-state index contributed by atoms with van der Waals surface area (Å²) in [5, 5.41) is 15.1. The van der Waals surface area contributed by atoms with Gasteiger partial charge in [0.25, 0.3) is 0 Å². The van der Waals surface area contributed by atoms with Crippen LogP contribution in [0.2, 0.25) is 0 Å². The zero-order valence-corrected chi connectivity index (χ0v) is 13.3. The number of aliphatic carboxylic acids is 1. The molecule has 3 atom stereocenters. The highest BCUT2D eigenvalue weighted by atomic mass is 16.4. The molecular weight excluding hydrogens is 282 g/mol. The molecule has 3 unspecified atom stereocenters. The van der Waals surface area contributed by atoms with E-state index in [0.717, 1.165) is 31.7 Å². The minimum absolute atomic E-state index is 0.0396. The highest BCUT2D eigenvalue weighted by molar-refractivity contribution is 5.75. The number of fused-ring (bicyclic) bond motifs is 2. The van der Waals surface area contributed by atoms with E-state index < -0.39 is 5.97 Å². The lowest BCUT2D eigenvalue weighted by Gasteiger charge is -2.42. The molecule has 0 radical (unpaired) electrons. The van der Waals surface area contributed by atoms with Crippen molar-refractivity contribution < 1.29 is 14.7 Å². The zero-order valence-electron chi connectivity index (χ0n) is 13.3. The van der Waals surface area contributed by atoms with E-state index in [4.69, 9.17) is 5.11 Å². The lowest BCUT2D eigenvalue weighted by Crippen LogP contribution is -2.57. The van der Waals surface area contributed by atoms with Gasteiger partial charge < -0.3 is 15.7 Å². The Morgan fingerprint density at radius 2 is 1.91 bits per heavy atom. The number of likely N-dealkylation sites (N-methyl/N-ethyl adjacent to an activating group) is 1. The van der Waals surface area contributed by atoms with E-state index in [-0.39, 0.29) is 24.7 Å². The maximum Gasteiger partial charge on any atom is 0.317 e. The average molecular weight is 309 g/mol. The minimum Gasteiger partial charge on any atom is -0.480 e. The molecule has 0 spiro atoms. The van der Waals surface area contributed by atoms with Crippen LogP contribution in [-0.4, -0.2) is 53.2 Å². The summed E-state index contributed by atoms with van der Waals surface area (Å²) in [5.41, 5.74) is 0. The van der Waals surface area contributed by atoms with Crippen LogP contribution in [0, 0.1) is 11.8 Å². The van der Waals surface area contributed by atoms with Crippen LogP contribution < -0.4 is 10.6 Å². The van der Waals surface area contributed by atoms with Gasteiger partial charge in [0.05, 0.1) is 6.54 Å². The second kappa shape index (κ2) is 6.44. The fourth-order valence-corrected chi connectivity index (χ4v) is 4.49. The summed E-state index contributed by atoms with van der Waals surface area (Å²) in [4.78, 5) is 24.8. The Hall–Kier alpha value is -1.30. The zero-order chi connectivity index (χ0) is 15.7. The number of carboxylic acid groups (broad SMARTS) is 1. The first kappa shape index (κ1) is 15.6. The van der Waals surface area contributed by atoms with Gasteiger partial charge in [-0.25, -0.2) is 4.79 Å². The van der Waals surface area contributed by atoms with E-state index in [1.165, 1.54) is 19.3 Å². The summed E-state index contributed by atoms with van der Waals surface area (Å²) in [7, 11) is 0. The van der Waals surface area contributed by atoms with E-state index in [9.17, 15) is 9.59 Å². The van der Waals surface area contributed by atoms with Crippen LogP contribution in [0.3, 0.4) is 0 Å². The molecular formula is C16H27N3O3. The number of carbonyl (C=O) groups excluding carboxylic acids is 1. The predicted molar refractivity (Wildman–Crippen MR) is 82.6 cm³/mol. The highest BCUT2D eigenvalue weighted by Crippen LogP contribution is 2.44. The van der Waals surface area contributed by atoms with Crippen molar-refractivity contribution in [2.45, 2.75) is 63.6 Å². The van der Waals surface area contributed by atoms with Gasteiger partial charge in [-0.2, -0.15) is 0 Å². The maximum absolute atomic E-state index is 12.1. The number of hydrogen-bond donors (Lipinski definition) is 3. The maximum atomic E-state index is 12.1. The number of carbonyl (C=O) groups is 2. The normalized spacial score (nSPS) is 36.2. The molecule has 0 heterocycles. The van der Waals surface area contributed by atoms with Gasteiger partial charge in [-0.1, -0.05) is 13.3 Å². The van der Waals surface area contributed by atoms with Gasteiger partial charge in [-0.3, -0.25) is 9.69 Å². The third-order valence-corrected chi connectivity index (χ3v) is 5.76. The third kappa shape index (κ3) is 3.37. The number of carboxylic acids is 1. The fraction of sp³-hybridized carbons (Fsp3) is 0.875. The molecule has 0 aromatic carbocycles. The lowest BCUT2D eigenvalue weighted by atomic mass is 9.85. The fourth-order valence-electron chi connectivity index (χ4n) is 4.49. The van der Waals surface area contributed by atoms with Gasteiger partial charge in [0.2, 0.25) is 0 Å².